The van der Waals surface area contributed by atoms with E-state index in [-0.39, 0.29) is 13.2 Å². The first-order valence-electron chi connectivity index (χ1n) is 4.22. The minimum atomic E-state index is -0.872. The molecule has 4 heteroatoms. The first-order chi connectivity index (χ1) is 6.09. The van der Waals surface area contributed by atoms with Gasteiger partial charge in [0.15, 0.2) is 0 Å². The van der Waals surface area contributed by atoms with Crippen molar-refractivity contribution in [1.29, 1.82) is 0 Å². The number of carbonyl (C=O) groups is 1. The molecule has 0 spiro atoms. The van der Waals surface area contributed by atoms with Crippen LogP contribution >= 0.6 is 0 Å². The standard InChI is InChI=1S/C7H12O2.C2H6O2/c1-3-4-5-6(2)7(8)9;3-1-2-4/h2-5H2,1H3,(H,8,9);3-4H,1-2H2. The molecule has 0 aromatic rings. The van der Waals surface area contributed by atoms with Crippen molar-refractivity contribution in [2.24, 2.45) is 0 Å². The molecule has 0 rings (SSSR count). The van der Waals surface area contributed by atoms with Crippen LogP contribution < -0.4 is 0 Å². The molecule has 4 nitrogen and oxygen atoms in total. The Morgan fingerprint density at radius 1 is 1.31 bits per heavy atom. The van der Waals surface area contributed by atoms with Gasteiger partial charge in [0.05, 0.1) is 13.2 Å². The number of aliphatic carboxylic acids is 1. The minimum Gasteiger partial charge on any atom is -0.478 e. The predicted molar refractivity (Wildman–Crippen MR) is 50.5 cm³/mol. The summed E-state index contributed by atoms with van der Waals surface area (Å²) in [4.78, 5) is 10.1. The van der Waals surface area contributed by atoms with Crippen LogP contribution in [0.5, 0.6) is 0 Å². The number of hydrogen-bond acceptors (Lipinski definition) is 3. The van der Waals surface area contributed by atoms with Gasteiger partial charge in [0, 0.05) is 5.57 Å². The Kier molecular flexibility index (Phi) is 12.5. The maximum Gasteiger partial charge on any atom is 0.330 e. The summed E-state index contributed by atoms with van der Waals surface area (Å²) < 4.78 is 0. The van der Waals surface area contributed by atoms with Crippen molar-refractivity contribution in [3.8, 4) is 0 Å². The van der Waals surface area contributed by atoms with E-state index in [2.05, 4.69) is 6.58 Å². The van der Waals surface area contributed by atoms with Gasteiger partial charge in [0.1, 0.15) is 0 Å². The molecule has 3 N–H and O–H groups in total. The highest BCUT2D eigenvalue weighted by Gasteiger charge is 2.00. The van der Waals surface area contributed by atoms with Gasteiger partial charge in [-0.05, 0) is 12.8 Å². The molecule has 0 radical (unpaired) electrons. The van der Waals surface area contributed by atoms with E-state index in [9.17, 15) is 4.79 Å². The van der Waals surface area contributed by atoms with Crippen LogP contribution in [0.2, 0.25) is 0 Å². The number of carboxylic acids is 1. The Morgan fingerprint density at radius 3 is 2.00 bits per heavy atom. The van der Waals surface area contributed by atoms with Crippen molar-refractivity contribution < 1.29 is 20.1 Å². The first kappa shape index (κ1) is 14.6. The molecule has 0 saturated carbocycles. The smallest absolute Gasteiger partial charge is 0.330 e. The summed E-state index contributed by atoms with van der Waals surface area (Å²) in [7, 11) is 0. The lowest BCUT2D eigenvalue weighted by molar-refractivity contribution is -0.132. The summed E-state index contributed by atoms with van der Waals surface area (Å²) in [5.74, 6) is -0.872. The molecule has 0 saturated heterocycles. The molecule has 0 unspecified atom stereocenters. The normalized spacial score (nSPS) is 8.54. The van der Waals surface area contributed by atoms with E-state index in [4.69, 9.17) is 15.3 Å². The summed E-state index contributed by atoms with van der Waals surface area (Å²) in [6.07, 6.45) is 2.56. The molecule has 0 aromatic carbocycles. The van der Waals surface area contributed by atoms with E-state index in [1.54, 1.807) is 0 Å². The topological polar surface area (TPSA) is 77.8 Å². The van der Waals surface area contributed by atoms with Crippen molar-refractivity contribution in [3.05, 3.63) is 12.2 Å². The van der Waals surface area contributed by atoms with Crippen LogP contribution in [0, 0.1) is 0 Å². The Bertz CT molecular complexity index is 141. The summed E-state index contributed by atoms with van der Waals surface area (Å²) >= 11 is 0. The highest BCUT2D eigenvalue weighted by Crippen LogP contribution is 2.03. The van der Waals surface area contributed by atoms with Crippen LogP contribution in [-0.4, -0.2) is 34.5 Å². The van der Waals surface area contributed by atoms with Crippen LogP contribution in [0.15, 0.2) is 12.2 Å². The third-order valence-corrected chi connectivity index (χ3v) is 1.23. The first-order valence-corrected chi connectivity index (χ1v) is 4.22. The van der Waals surface area contributed by atoms with Crippen LogP contribution in [0.4, 0.5) is 0 Å². The van der Waals surface area contributed by atoms with Gasteiger partial charge in [-0.1, -0.05) is 19.9 Å². The Hall–Kier alpha value is -0.870. The lowest BCUT2D eigenvalue weighted by Crippen LogP contribution is -1.97. The van der Waals surface area contributed by atoms with Crippen molar-refractivity contribution >= 4 is 5.97 Å². The Balaban J connectivity index is 0. The number of unbranched alkanes of at least 4 members (excludes halogenated alkanes) is 1. The van der Waals surface area contributed by atoms with Gasteiger partial charge in [-0.15, -0.1) is 0 Å². The number of carboxylic acid groups (broad SMARTS) is 1. The Labute approximate surface area is 78.5 Å². The van der Waals surface area contributed by atoms with Crippen molar-refractivity contribution in [3.63, 3.8) is 0 Å². The van der Waals surface area contributed by atoms with Gasteiger partial charge >= 0.3 is 5.97 Å². The molecular weight excluding hydrogens is 172 g/mol. The number of rotatable bonds is 5. The number of aliphatic hydroxyl groups is 2. The van der Waals surface area contributed by atoms with Crippen LogP contribution in [0.25, 0.3) is 0 Å². The fourth-order valence-corrected chi connectivity index (χ4v) is 0.497. The number of hydrogen-bond donors (Lipinski definition) is 3. The zero-order valence-electron chi connectivity index (χ0n) is 7.99. The highest BCUT2D eigenvalue weighted by atomic mass is 16.4. The Morgan fingerprint density at radius 2 is 1.77 bits per heavy atom. The third kappa shape index (κ3) is 14.0. The second kappa shape index (κ2) is 11.1. The highest BCUT2D eigenvalue weighted by molar-refractivity contribution is 5.85. The molecule has 0 atom stereocenters. The third-order valence-electron chi connectivity index (χ3n) is 1.23. The monoisotopic (exact) mass is 190 g/mol. The molecular formula is C9H18O4. The van der Waals surface area contributed by atoms with Crippen molar-refractivity contribution in [1.82, 2.24) is 0 Å². The van der Waals surface area contributed by atoms with E-state index in [1.807, 2.05) is 6.92 Å². The van der Waals surface area contributed by atoms with E-state index in [0.717, 1.165) is 12.8 Å². The van der Waals surface area contributed by atoms with Crippen molar-refractivity contribution in [2.75, 3.05) is 13.2 Å². The van der Waals surface area contributed by atoms with Gasteiger partial charge in [-0.2, -0.15) is 0 Å². The summed E-state index contributed by atoms with van der Waals surface area (Å²) in [5, 5.41) is 23.6. The second-order valence-corrected chi connectivity index (χ2v) is 2.46. The molecule has 0 aliphatic rings. The minimum absolute atomic E-state index is 0.125. The zero-order chi connectivity index (χ0) is 10.7. The lowest BCUT2D eigenvalue weighted by Gasteiger charge is -1.95. The van der Waals surface area contributed by atoms with Crippen LogP contribution in [-0.2, 0) is 4.79 Å². The molecule has 0 aromatic heterocycles. The summed E-state index contributed by atoms with van der Waals surface area (Å²) in [6.45, 7) is 5.17. The van der Waals surface area contributed by atoms with Gasteiger partial charge in [-0.25, -0.2) is 4.79 Å². The predicted octanol–water partition coefficient (Wildman–Crippen LogP) is 0.788. The summed E-state index contributed by atoms with van der Waals surface area (Å²) in [6, 6.07) is 0. The average Bonchev–Trinajstić information content (AvgIpc) is 2.14. The van der Waals surface area contributed by atoms with Gasteiger partial charge in [0.2, 0.25) is 0 Å². The second-order valence-electron chi connectivity index (χ2n) is 2.46. The van der Waals surface area contributed by atoms with Crippen molar-refractivity contribution in [2.45, 2.75) is 26.2 Å². The molecule has 13 heavy (non-hydrogen) atoms. The van der Waals surface area contributed by atoms with Crippen LogP contribution in [0.1, 0.15) is 26.2 Å². The molecule has 0 aliphatic carbocycles. The molecule has 0 fully saturated rings. The zero-order valence-corrected chi connectivity index (χ0v) is 7.99. The number of aliphatic hydroxyl groups excluding tert-OH is 2. The van der Waals surface area contributed by atoms with Gasteiger partial charge in [0.25, 0.3) is 0 Å². The maximum atomic E-state index is 10.1. The van der Waals surface area contributed by atoms with Gasteiger partial charge in [-0.3, -0.25) is 0 Å². The SMILES string of the molecule is C=C(CCCC)C(=O)O.OCCO. The van der Waals surface area contributed by atoms with Crippen LogP contribution in [0.3, 0.4) is 0 Å². The fourth-order valence-electron chi connectivity index (χ4n) is 0.497. The summed E-state index contributed by atoms with van der Waals surface area (Å²) in [5.41, 5.74) is 0.317. The maximum absolute atomic E-state index is 10.1. The largest absolute Gasteiger partial charge is 0.478 e. The fraction of sp³-hybridized carbons (Fsp3) is 0.667. The molecule has 0 aliphatic heterocycles. The molecule has 0 amide bonds. The van der Waals surface area contributed by atoms with Gasteiger partial charge < -0.3 is 15.3 Å². The van der Waals surface area contributed by atoms with E-state index < -0.39 is 5.97 Å². The molecule has 78 valence electrons. The lowest BCUT2D eigenvalue weighted by atomic mass is 10.1. The van der Waals surface area contributed by atoms with E-state index in [1.165, 1.54) is 0 Å². The van der Waals surface area contributed by atoms with E-state index >= 15 is 0 Å². The van der Waals surface area contributed by atoms with E-state index in [0.29, 0.717) is 12.0 Å². The molecule has 0 heterocycles. The average molecular weight is 190 g/mol. The molecule has 0 bridgehead atoms. The quantitative estimate of drug-likeness (QED) is 0.560.